The van der Waals surface area contributed by atoms with Gasteiger partial charge in [-0.05, 0) is 18.4 Å². The van der Waals surface area contributed by atoms with Gasteiger partial charge in [-0.3, -0.25) is 14.9 Å². The minimum atomic E-state index is -1.16. The number of nitro benzene ring substituents is 1. The van der Waals surface area contributed by atoms with Gasteiger partial charge < -0.3 is 15.2 Å². The Labute approximate surface area is 126 Å². The van der Waals surface area contributed by atoms with Crippen LogP contribution in [0.25, 0.3) is 0 Å². The lowest BCUT2D eigenvalue weighted by Gasteiger charge is -2.17. The summed E-state index contributed by atoms with van der Waals surface area (Å²) in [6.45, 7) is 0.498. The number of non-ortho nitro benzene ring substituents is 1. The molecule has 0 aromatic heterocycles. The monoisotopic (exact) mass is 308 g/mol. The largest absolute Gasteiger partial charge is 0.480 e. The highest BCUT2D eigenvalue weighted by atomic mass is 16.6. The minimum absolute atomic E-state index is 0.0474. The van der Waals surface area contributed by atoms with E-state index in [2.05, 4.69) is 5.32 Å². The van der Waals surface area contributed by atoms with Crippen molar-refractivity contribution < 1.29 is 24.4 Å². The standard InChI is InChI=1S/C14H16N2O6/c17-13(12-2-1-7-22-12)15-11(14(18)19)8-9-3-5-10(6-4-9)16(20)21/h3-6,11-12H,1-2,7-8H2,(H,15,17)(H,18,19)/t11-,12+/m1/s1. The zero-order valence-electron chi connectivity index (χ0n) is 11.7. The van der Waals surface area contributed by atoms with Crippen molar-refractivity contribution in [2.45, 2.75) is 31.4 Å². The summed E-state index contributed by atoms with van der Waals surface area (Å²) in [6, 6.07) is 4.46. The zero-order valence-corrected chi connectivity index (χ0v) is 11.7. The molecule has 0 unspecified atom stereocenters. The first-order valence-corrected chi connectivity index (χ1v) is 6.85. The van der Waals surface area contributed by atoms with Crippen molar-refractivity contribution in [3.05, 3.63) is 39.9 Å². The number of nitrogens with zero attached hydrogens (tertiary/aromatic N) is 1. The lowest BCUT2D eigenvalue weighted by Crippen LogP contribution is -2.46. The van der Waals surface area contributed by atoms with Crippen LogP contribution in [-0.4, -0.2) is 40.7 Å². The lowest BCUT2D eigenvalue weighted by molar-refractivity contribution is -0.384. The van der Waals surface area contributed by atoms with Gasteiger partial charge in [-0.2, -0.15) is 0 Å². The molecule has 22 heavy (non-hydrogen) atoms. The van der Waals surface area contributed by atoms with E-state index < -0.39 is 28.9 Å². The van der Waals surface area contributed by atoms with Crippen LogP contribution in [0.4, 0.5) is 5.69 Å². The van der Waals surface area contributed by atoms with Crippen molar-refractivity contribution in [3.8, 4) is 0 Å². The summed E-state index contributed by atoms with van der Waals surface area (Å²) in [6.07, 6.45) is 0.804. The summed E-state index contributed by atoms with van der Waals surface area (Å²) in [5.74, 6) is -1.60. The topological polar surface area (TPSA) is 119 Å². The van der Waals surface area contributed by atoms with Gasteiger partial charge in [-0.15, -0.1) is 0 Å². The van der Waals surface area contributed by atoms with E-state index in [9.17, 15) is 24.8 Å². The third kappa shape index (κ3) is 4.01. The molecule has 0 saturated carbocycles. The van der Waals surface area contributed by atoms with E-state index in [1.54, 1.807) is 0 Å². The maximum atomic E-state index is 11.9. The normalized spacial score (nSPS) is 18.6. The molecular formula is C14H16N2O6. The SMILES string of the molecule is O=C(N[C@H](Cc1ccc([N+](=O)[O-])cc1)C(=O)O)[C@@H]1CCCO1. The molecule has 1 aromatic rings. The van der Waals surface area contributed by atoms with Gasteiger partial charge in [0.05, 0.1) is 4.92 Å². The van der Waals surface area contributed by atoms with Crippen molar-refractivity contribution >= 4 is 17.6 Å². The molecule has 2 N–H and O–H groups in total. The van der Waals surface area contributed by atoms with Crippen molar-refractivity contribution in [3.63, 3.8) is 0 Å². The second kappa shape index (κ2) is 6.99. The van der Waals surface area contributed by atoms with Crippen LogP contribution in [0.15, 0.2) is 24.3 Å². The zero-order chi connectivity index (χ0) is 16.1. The molecule has 1 fully saturated rings. The van der Waals surface area contributed by atoms with Gasteiger partial charge in [0.1, 0.15) is 12.1 Å². The van der Waals surface area contributed by atoms with Crippen molar-refractivity contribution in [1.29, 1.82) is 0 Å². The highest BCUT2D eigenvalue weighted by Crippen LogP contribution is 2.15. The fourth-order valence-electron chi connectivity index (χ4n) is 2.24. The van der Waals surface area contributed by atoms with E-state index >= 15 is 0 Å². The third-order valence-electron chi connectivity index (χ3n) is 3.42. The van der Waals surface area contributed by atoms with Crippen LogP contribution in [0.1, 0.15) is 18.4 Å². The van der Waals surface area contributed by atoms with E-state index in [4.69, 9.17) is 4.74 Å². The Hall–Kier alpha value is -2.48. The van der Waals surface area contributed by atoms with Gasteiger partial charge in [-0.1, -0.05) is 12.1 Å². The molecule has 1 aliphatic rings. The van der Waals surface area contributed by atoms with Gasteiger partial charge in [0, 0.05) is 25.2 Å². The molecule has 2 rings (SSSR count). The number of nitro groups is 1. The van der Waals surface area contributed by atoms with Crippen LogP contribution >= 0.6 is 0 Å². The van der Waals surface area contributed by atoms with Crippen LogP contribution in [0.3, 0.4) is 0 Å². The van der Waals surface area contributed by atoms with E-state index in [0.29, 0.717) is 18.6 Å². The number of benzene rings is 1. The predicted octanol–water partition coefficient (Wildman–Crippen LogP) is 0.886. The number of ether oxygens (including phenoxy) is 1. The first kappa shape index (κ1) is 15.9. The van der Waals surface area contributed by atoms with Gasteiger partial charge in [-0.25, -0.2) is 4.79 Å². The van der Waals surface area contributed by atoms with E-state index in [1.807, 2.05) is 0 Å². The number of carbonyl (C=O) groups is 2. The maximum absolute atomic E-state index is 11.9. The molecule has 1 aromatic carbocycles. The summed E-state index contributed by atoms with van der Waals surface area (Å²) in [5.41, 5.74) is 0.518. The Balaban J connectivity index is 2.00. The average Bonchev–Trinajstić information content (AvgIpc) is 3.01. The summed E-state index contributed by atoms with van der Waals surface area (Å²) in [4.78, 5) is 33.2. The molecule has 1 aliphatic heterocycles. The maximum Gasteiger partial charge on any atom is 0.326 e. The first-order valence-electron chi connectivity index (χ1n) is 6.85. The van der Waals surface area contributed by atoms with E-state index in [1.165, 1.54) is 24.3 Å². The second-order valence-electron chi connectivity index (χ2n) is 5.03. The molecule has 1 heterocycles. The highest BCUT2D eigenvalue weighted by molar-refractivity contribution is 5.86. The molecule has 0 bridgehead atoms. The Bertz CT molecular complexity index is 565. The van der Waals surface area contributed by atoms with E-state index in [-0.39, 0.29) is 12.1 Å². The number of aliphatic carboxylic acids is 1. The Morgan fingerprint density at radius 3 is 2.59 bits per heavy atom. The fraction of sp³-hybridized carbons (Fsp3) is 0.429. The van der Waals surface area contributed by atoms with Crippen molar-refractivity contribution in [1.82, 2.24) is 5.32 Å². The molecule has 1 amide bonds. The number of hydrogen-bond donors (Lipinski definition) is 2. The Kier molecular flexibility index (Phi) is 5.05. The third-order valence-corrected chi connectivity index (χ3v) is 3.42. The number of carbonyl (C=O) groups excluding carboxylic acids is 1. The quantitative estimate of drug-likeness (QED) is 0.595. The Morgan fingerprint density at radius 2 is 2.09 bits per heavy atom. The minimum Gasteiger partial charge on any atom is -0.480 e. The summed E-state index contributed by atoms with van der Waals surface area (Å²) < 4.78 is 5.21. The summed E-state index contributed by atoms with van der Waals surface area (Å²) >= 11 is 0. The molecule has 8 nitrogen and oxygen atoms in total. The molecular weight excluding hydrogens is 292 g/mol. The number of carboxylic acid groups (broad SMARTS) is 1. The Morgan fingerprint density at radius 1 is 1.41 bits per heavy atom. The van der Waals surface area contributed by atoms with Crippen LogP contribution in [0.5, 0.6) is 0 Å². The molecule has 8 heteroatoms. The summed E-state index contributed by atoms with van der Waals surface area (Å²) in [5, 5.41) is 22.2. The predicted molar refractivity (Wildman–Crippen MR) is 75.3 cm³/mol. The summed E-state index contributed by atoms with van der Waals surface area (Å²) in [7, 11) is 0. The molecule has 1 saturated heterocycles. The highest BCUT2D eigenvalue weighted by Gasteiger charge is 2.28. The van der Waals surface area contributed by atoms with Gasteiger partial charge >= 0.3 is 5.97 Å². The molecule has 0 radical (unpaired) electrons. The van der Waals surface area contributed by atoms with Crippen LogP contribution in [-0.2, 0) is 20.7 Å². The van der Waals surface area contributed by atoms with Crippen LogP contribution in [0, 0.1) is 10.1 Å². The van der Waals surface area contributed by atoms with Crippen LogP contribution < -0.4 is 5.32 Å². The number of hydrogen-bond acceptors (Lipinski definition) is 5. The first-order chi connectivity index (χ1) is 10.5. The fourth-order valence-corrected chi connectivity index (χ4v) is 2.24. The number of rotatable bonds is 6. The van der Waals surface area contributed by atoms with Crippen LogP contribution in [0.2, 0.25) is 0 Å². The molecule has 0 spiro atoms. The number of nitrogens with one attached hydrogen (secondary N) is 1. The van der Waals surface area contributed by atoms with Gasteiger partial charge in [0.25, 0.3) is 5.69 Å². The molecule has 118 valence electrons. The van der Waals surface area contributed by atoms with Crippen molar-refractivity contribution in [2.24, 2.45) is 0 Å². The smallest absolute Gasteiger partial charge is 0.326 e. The van der Waals surface area contributed by atoms with Gasteiger partial charge in [0.15, 0.2) is 0 Å². The van der Waals surface area contributed by atoms with Gasteiger partial charge in [0.2, 0.25) is 5.91 Å². The lowest BCUT2D eigenvalue weighted by atomic mass is 10.1. The average molecular weight is 308 g/mol. The van der Waals surface area contributed by atoms with Crippen molar-refractivity contribution in [2.75, 3.05) is 6.61 Å². The number of amides is 1. The number of carboxylic acids is 1. The second-order valence-corrected chi connectivity index (χ2v) is 5.03. The molecule has 0 aliphatic carbocycles. The molecule has 2 atom stereocenters. The van der Waals surface area contributed by atoms with E-state index in [0.717, 1.165) is 6.42 Å².